The van der Waals surface area contributed by atoms with Crippen molar-refractivity contribution in [1.82, 2.24) is 0 Å². The van der Waals surface area contributed by atoms with Crippen LogP contribution in [0.2, 0.25) is 0 Å². The highest BCUT2D eigenvalue weighted by Gasteiger charge is 2.58. The lowest BCUT2D eigenvalue weighted by atomic mass is 9.33. The summed E-state index contributed by atoms with van der Waals surface area (Å²) in [6.45, 7) is 35.4. The molecule has 0 amide bonds. The molecule has 0 spiro atoms. The molecule has 0 N–H and O–H groups in total. The smallest absolute Gasteiger partial charge is 0.252 e. The van der Waals surface area contributed by atoms with Gasteiger partial charge in [0.25, 0.3) is 6.71 Å². The van der Waals surface area contributed by atoms with Crippen LogP contribution in [0.25, 0.3) is 53.2 Å². The lowest BCUT2D eigenvalue weighted by Crippen LogP contribution is -2.61. The fraction of sp³-hybridized carbons (Fsp3) is 0.316. The first-order valence-electron chi connectivity index (χ1n) is 31.3. The maximum absolute atomic E-state index is 7.27. The largest absolute Gasteiger partial charge is 0.454 e. The number of benzene rings is 9. The van der Waals surface area contributed by atoms with Gasteiger partial charge in [0.05, 0.1) is 27.3 Å². The van der Waals surface area contributed by atoms with Gasteiger partial charge in [-0.05, 0) is 176 Å². The van der Waals surface area contributed by atoms with Crippen molar-refractivity contribution in [2.75, 3.05) is 14.7 Å². The van der Waals surface area contributed by atoms with Crippen LogP contribution in [-0.2, 0) is 27.1 Å². The fourth-order valence-electron chi connectivity index (χ4n) is 15.6. The number of hydrogen-bond acceptors (Lipinski definition) is 5. The number of nitrogens with zero attached hydrogens (tertiary/aromatic N) is 3. The van der Waals surface area contributed by atoms with Crippen LogP contribution in [0.1, 0.15) is 156 Å². The van der Waals surface area contributed by atoms with Crippen molar-refractivity contribution in [2.45, 2.75) is 162 Å². The summed E-state index contributed by atoms with van der Waals surface area (Å²) < 4.78 is 9.91. The quantitative estimate of drug-likeness (QED) is 0.164. The highest BCUT2D eigenvalue weighted by Crippen LogP contribution is 2.62. The summed E-state index contributed by atoms with van der Waals surface area (Å²) in [6, 6.07) is 64.4. The number of aryl methyl sites for hydroxylation is 1. The molecule has 0 radical (unpaired) electrons. The summed E-state index contributed by atoms with van der Waals surface area (Å²) in [5.41, 5.74) is 25.7. The molecule has 9 aromatic carbocycles. The lowest BCUT2D eigenvalue weighted by molar-refractivity contribution is 0.195. The van der Waals surface area contributed by atoms with Gasteiger partial charge in [-0.2, -0.15) is 0 Å². The molecule has 2 aromatic heterocycles. The van der Waals surface area contributed by atoms with Crippen LogP contribution in [0.15, 0.2) is 168 Å². The Morgan fingerprint density at radius 3 is 1.82 bits per heavy atom. The molecule has 1 saturated carbocycles. The van der Waals surface area contributed by atoms with Crippen molar-refractivity contribution in [1.29, 1.82) is 0 Å². The molecule has 0 saturated heterocycles. The van der Waals surface area contributed by atoms with Gasteiger partial charge in [-0.3, -0.25) is 0 Å². The van der Waals surface area contributed by atoms with Gasteiger partial charge in [-0.1, -0.05) is 194 Å². The van der Waals surface area contributed by atoms with Crippen LogP contribution in [-0.4, -0.2) is 12.3 Å². The Bertz CT molecular complexity index is 4610. The maximum Gasteiger partial charge on any atom is 0.252 e. The molecule has 85 heavy (non-hydrogen) atoms. The molecule has 3 aliphatic heterocycles. The average Bonchev–Trinajstić information content (AvgIpc) is 2.43. The second-order valence-corrected chi connectivity index (χ2v) is 31.3. The third-order valence-electron chi connectivity index (χ3n) is 20.7. The van der Waals surface area contributed by atoms with E-state index in [1.54, 1.807) is 0 Å². The van der Waals surface area contributed by atoms with E-state index in [-0.39, 0.29) is 39.3 Å². The van der Waals surface area contributed by atoms with Gasteiger partial charge in [-0.15, -0.1) is 11.3 Å². The molecule has 426 valence electrons. The molecule has 5 heterocycles. The number of para-hydroxylation sites is 1. The summed E-state index contributed by atoms with van der Waals surface area (Å²) in [5.74, 6) is 0. The van der Waals surface area contributed by atoms with Crippen LogP contribution >= 0.6 is 11.3 Å². The Balaban J connectivity index is 1.06. The van der Waals surface area contributed by atoms with Gasteiger partial charge in [0.2, 0.25) is 0 Å². The van der Waals surface area contributed by atoms with Gasteiger partial charge in [0, 0.05) is 65.7 Å². The third-order valence-corrected chi connectivity index (χ3v) is 21.9. The van der Waals surface area contributed by atoms with E-state index >= 15 is 0 Å². The maximum atomic E-state index is 7.27. The van der Waals surface area contributed by atoms with E-state index in [1.165, 1.54) is 140 Å². The first-order valence-corrected chi connectivity index (χ1v) is 32.1. The summed E-state index contributed by atoms with van der Waals surface area (Å²) in [7, 11) is 0. The predicted molar refractivity (Wildman–Crippen MR) is 368 cm³/mol. The number of rotatable bonds is 4. The Kier molecular flexibility index (Phi) is 11.6. The van der Waals surface area contributed by atoms with Crippen LogP contribution in [0.4, 0.5) is 45.5 Å². The molecule has 2 atom stereocenters. The number of thiophene rings is 1. The van der Waals surface area contributed by atoms with Crippen LogP contribution in [0.3, 0.4) is 0 Å². The van der Waals surface area contributed by atoms with E-state index in [0.717, 1.165) is 34.0 Å². The molecule has 1 fully saturated rings. The van der Waals surface area contributed by atoms with Gasteiger partial charge >= 0.3 is 0 Å². The van der Waals surface area contributed by atoms with Crippen LogP contribution in [0.5, 0.6) is 0 Å². The van der Waals surface area contributed by atoms with Gasteiger partial charge in [-0.25, -0.2) is 0 Å². The Labute approximate surface area is 508 Å². The van der Waals surface area contributed by atoms with Crippen molar-refractivity contribution in [3.63, 3.8) is 0 Å². The summed E-state index contributed by atoms with van der Waals surface area (Å²) in [6.07, 6.45) is 4.75. The van der Waals surface area contributed by atoms with Crippen molar-refractivity contribution in [3.05, 3.63) is 197 Å². The van der Waals surface area contributed by atoms with E-state index in [9.17, 15) is 0 Å². The zero-order valence-electron chi connectivity index (χ0n) is 52.7. The predicted octanol–water partition coefficient (Wildman–Crippen LogP) is 20.9. The standard InChI is InChI=1S/C79H80BN3OS/c1-47-40-66-70-67(41-47)82(62-34-26-49(74(2,3)4)42-56(62)48-22-17-16-18-23-48)71-61(33-31-55-58-44-51(76(8,9)10)29-37-69(58)85-73(55)71)80(70)60-32-30-53(83-63-35-27-52(77(11,12)13)45-59(63)78(14)38-19-20-39-79(78,83)15)46-65(60)81(66)64-25-21-24-54-57-43-50(75(5,6)7)28-36-68(57)84-72(54)64/h16-18,21-37,40-46H,19-20,38-39H2,1-15H3. The molecule has 15 rings (SSSR count). The van der Waals surface area contributed by atoms with Crippen LogP contribution in [0, 0.1) is 6.92 Å². The van der Waals surface area contributed by atoms with Crippen molar-refractivity contribution < 1.29 is 4.42 Å². The first-order chi connectivity index (χ1) is 40.3. The fourth-order valence-corrected chi connectivity index (χ4v) is 16.9. The average molecular weight is 1130 g/mol. The first kappa shape index (κ1) is 54.1. The normalized spacial score (nSPS) is 18.6. The minimum absolute atomic E-state index is 0.00704. The molecule has 1 aliphatic carbocycles. The zero-order valence-corrected chi connectivity index (χ0v) is 53.5. The highest BCUT2D eigenvalue weighted by molar-refractivity contribution is 7.26. The topological polar surface area (TPSA) is 22.9 Å². The minimum Gasteiger partial charge on any atom is -0.454 e. The van der Waals surface area contributed by atoms with Gasteiger partial charge in [0.15, 0.2) is 5.58 Å². The lowest BCUT2D eigenvalue weighted by Gasteiger charge is -2.50. The summed E-state index contributed by atoms with van der Waals surface area (Å²) >= 11 is 1.95. The van der Waals surface area contributed by atoms with E-state index in [1.807, 2.05) is 11.3 Å². The SMILES string of the molecule is Cc1cc2c3c(c1)N(c1ccc(C(C)(C)C)cc1-c1ccccc1)c1c(ccc4c1sc1ccc(C(C)(C)C)cc14)B3c1ccc(N3c4ccc(C(C)(C)C)cc4C4(C)CCCCC34C)cc1N2c1cccc2c1oc1ccc(C(C)(C)C)cc12. The van der Waals surface area contributed by atoms with Gasteiger partial charge in [0.1, 0.15) is 5.58 Å². The van der Waals surface area contributed by atoms with Crippen molar-refractivity contribution >= 4 is 122 Å². The number of furan rings is 1. The molecule has 6 heteroatoms. The van der Waals surface area contributed by atoms with E-state index in [2.05, 4.69) is 282 Å². The Morgan fingerprint density at radius 1 is 0.482 bits per heavy atom. The second kappa shape index (κ2) is 18.3. The van der Waals surface area contributed by atoms with E-state index in [4.69, 9.17) is 4.42 Å². The summed E-state index contributed by atoms with van der Waals surface area (Å²) in [5, 5.41) is 4.92. The minimum atomic E-state index is -0.139. The molecule has 0 bridgehead atoms. The van der Waals surface area contributed by atoms with Gasteiger partial charge < -0.3 is 19.1 Å². The third kappa shape index (κ3) is 7.98. The Morgan fingerprint density at radius 2 is 1.11 bits per heavy atom. The molecule has 4 aliphatic rings. The Hall–Kier alpha value is -7.54. The van der Waals surface area contributed by atoms with Crippen molar-refractivity contribution in [2.24, 2.45) is 0 Å². The number of anilines is 8. The molecular weight excluding hydrogens is 1050 g/mol. The van der Waals surface area contributed by atoms with Crippen LogP contribution < -0.4 is 31.1 Å². The molecule has 2 unspecified atom stereocenters. The molecular formula is C79H80BN3OS. The highest BCUT2D eigenvalue weighted by atomic mass is 32.1. The summed E-state index contributed by atoms with van der Waals surface area (Å²) in [4.78, 5) is 8.10. The molecule has 11 aromatic rings. The molecule has 4 nitrogen and oxygen atoms in total. The number of fused-ring (bicyclic) bond motifs is 14. The zero-order chi connectivity index (χ0) is 59.2. The van der Waals surface area contributed by atoms with E-state index < -0.39 is 0 Å². The monoisotopic (exact) mass is 1130 g/mol. The van der Waals surface area contributed by atoms with Crippen molar-refractivity contribution in [3.8, 4) is 11.1 Å². The second-order valence-electron chi connectivity index (χ2n) is 30.2. The number of hydrogen-bond donors (Lipinski definition) is 0. The van der Waals surface area contributed by atoms with E-state index in [0.29, 0.717) is 0 Å².